The van der Waals surface area contributed by atoms with Crippen LogP contribution in [0.3, 0.4) is 0 Å². The molecule has 0 unspecified atom stereocenters. The van der Waals surface area contributed by atoms with Crippen molar-refractivity contribution in [3.63, 3.8) is 0 Å². The van der Waals surface area contributed by atoms with Crippen molar-refractivity contribution in [1.29, 1.82) is 0 Å². The Morgan fingerprint density at radius 2 is 1.64 bits per heavy atom. The van der Waals surface area contributed by atoms with Gasteiger partial charge in [0.2, 0.25) is 0 Å². The predicted molar refractivity (Wildman–Crippen MR) is 49.1 cm³/mol. The molecular formula is C8H21N3. The topological polar surface area (TPSA) is 50.1 Å². The van der Waals surface area contributed by atoms with Crippen LogP contribution in [0.5, 0.6) is 0 Å². The number of hydrogen-bond acceptors (Lipinski definition) is 3. The van der Waals surface area contributed by atoms with Crippen LogP contribution in [-0.4, -0.2) is 19.1 Å². The molecule has 3 heteroatoms. The molecule has 0 fully saturated rings. The van der Waals surface area contributed by atoms with Crippen molar-refractivity contribution in [1.82, 2.24) is 10.7 Å². The van der Waals surface area contributed by atoms with Crippen LogP contribution in [0.4, 0.5) is 0 Å². The first-order chi connectivity index (χ1) is 4.87. The Morgan fingerprint density at radius 1 is 1.18 bits per heavy atom. The molecule has 0 rings (SSSR count). The molecule has 68 valence electrons. The van der Waals surface area contributed by atoms with Gasteiger partial charge in [0.05, 0.1) is 0 Å². The van der Waals surface area contributed by atoms with Gasteiger partial charge in [-0.2, -0.15) is 0 Å². The first kappa shape index (κ1) is 10.9. The van der Waals surface area contributed by atoms with E-state index in [1.54, 1.807) is 0 Å². The molecule has 0 saturated carbocycles. The summed E-state index contributed by atoms with van der Waals surface area (Å²) in [6.45, 7) is 9.52. The molecule has 0 aromatic heterocycles. The van der Waals surface area contributed by atoms with Gasteiger partial charge in [-0.3, -0.25) is 11.3 Å². The fourth-order valence-corrected chi connectivity index (χ4v) is 0.858. The fraction of sp³-hybridized carbons (Fsp3) is 1.00. The minimum Gasteiger partial charge on any atom is -0.319 e. The Hall–Kier alpha value is -0.120. The third-order valence-electron chi connectivity index (χ3n) is 2.67. The van der Waals surface area contributed by atoms with Gasteiger partial charge >= 0.3 is 0 Å². The van der Waals surface area contributed by atoms with E-state index < -0.39 is 0 Å². The molecular weight excluding hydrogens is 138 g/mol. The summed E-state index contributed by atoms with van der Waals surface area (Å²) in [4.78, 5) is 0. The van der Waals surface area contributed by atoms with E-state index in [2.05, 4.69) is 38.4 Å². The molecule has 0 amide bonds. The van der Waals surface area contributed by atoms with Crippen LogP contribution in [-0.2, 0) is 0 Å². The number of hydrazine groups is 1. The normalized spacial score (nSPS) is 13.6. The summed E-state index contributed by atoms with van der Waals surface area (Å²) < 4.78 is 0. The van der Waals surface area contributed by atoms with E-state index in [-0.39, 0.29) is 11.0 Å². The average Bonchev–Trinajstić information content (AvgIpc) is 1.87. The third-order valence-corrected chi connectivity index (χ3v) is 2.67. The van der Waals surface area contributed by atoms with Gasteiger partial charge in [0, 0.05) is 12.1 Å². The Balaban J connectivity index is 4.26. The maximum atomic E-state index is 5.44. The number of hydrogen-bond donors (Lipinski definition) is 3. The monoisotopic (exact) mass is 159 g/mol. The van der Waals surface area contributed by atoms with Gasteiger partial charge in [-0.1, -0.05) is 13.8 Å². The molecule has 0 aliphatic rings. The zero-order valence-electron chi connectivity index (χ0n) is 8.28. The molecule has 0 aliphatic heterocycles. The lowest BCUT2D eigenvalue weighted by Gasteiger charge is -2.41. The lowest BCUT2D eigenvalue weighted by Crippen LogP contribution is -2.57. The van der Waals surface area contributed by atoms with Crippen LogP contribution in [0, 0.1) is 5.41 Å². The molecule has 0 radical (unpaired) electrons. The first-order valence-corrected chi connectivity index (χ1v) is 4.00. The second-order valence-corrected chi connectivity index (χ2v) is 4.18. The van der Waals surface area contributed by atoms with E-state index in [1.165, 1.54) is 0 Å². The van der Waals surface area contributed by atoms with Crippen molar-refractivity contribution in [2.24, 2.45) is 11.3 Å². The van der Waals surface area contributed by atoms with Gasteiger partial charge in [-0.05, 0) is 26.3 Å². The van der Waals surface area contributed by atoms with Crippen molar-refractivity contribution in [3.8, 4) is 0 Å². The second kappa shape index (κ2) is 3.52. The highest BCUT2D eigenvalue weighted by molar-refractivity contribution is 4.92. The molecule has 0 bridgehead atoms. The van der Waals surface area contributed by atoms with Crippen LogP contribution in [0.15, 0.2) is 0 Å². The number of nitrogens with one attached hydrogen (secondary N) is 2. The summed E-state index contributed by atoms with van der Waals surface area (Å²) in [6.07, 6.45) is 0. The van der Waals surface area contributed by atoms with Gasteiger partial charge in [-0.25, -0.2) is 0 Å². The summed E-state index contributed by atoms with van der Waals surface area (Å²) in [7, 11) is 1.95. The first-order valence-electron chi connectivity index (χ1n) is 4.00. The molecule has 0 aromatic carbocycles. The second-order valence-electron chi connectivity index (χ2n) is 4.18. The van der Waals surface area contributed by atoms with Crippen molar-refractivity contribution in [2.75, 3.05) is 13.6 Å². The fourth-order valence-electron chi connectivity index (χ4n) is 0.858. The molecule has 0 spiro atoms. The lowest BCUT2D eigenvalue weighted by atomic mass is 9.75. The number of rotatable bonds is 4. The molecule has 0 aliphatic carbocycles. The minimum absolute atomic E-state index is 0.0456. The van der Waals surface area contributed by atoms with Gasteiger partial charge in [0.15, 0.2) is 0 Å². The SMILES string of the molecule is CNCC(C)(C)C(C)(C)NN. The number of nitrogens with two attached hydrogens (primary N) is 1. The van der Waals surface area contributed by atoms with Crippen molar-refractivity contribution >= 4 is 0 Å². The van der Waals surface area contributed by atoms with Gasteiger partial charge < -0.3 is 5.32 Å². The van der Waals surface area contributed by atoms with Crippen LogP contribution in [0.1, 0.15) is 27.7 Å². The maximum absolute atomic E-state index is 5.44. The zero-order valence-corrected chi connectivity index (χ0v) is 8.28. The van der Waals surface area contributed by atoms with Crippen molar-refractivity contribution < 1.29 is 0 Å². The summed E-state index contributed by atoms with van der Waals surface area (Å²) in [5, 5.41) is 3.15. The smallest absolute Gasteiger partial charge is 0.0328 e. The molecule has 11 heavy (non-hydrogen) atoms. The highest BCUT2D eigenvalue weighted by Crippen LogP contribution is 2.28. The van der Waals surface area contributed by atoms with E-state index in [9.17, 15) is 0 Å². The van der Waals surface area contributed by atoms with Gasteiger partial charge in [-0.15, -0.1) is 0 Å². The largest absolute Gasteiger partial charge is 0.319 e. The van der Waals surface area contributed by atoms with Gasteiger partial charge in [0.25, 0.3) is 0 Å². The van der Waals surface area contributed by atoms with Crippen LogP contribution in [0.2, 0.25) is 0 Å². The molecule has 0 aromatic rings. The van der Waals surface area contributed by atoms with E-state index in [0.29, 0.717) is 0 Å². The van der Waals surface area contributed by atoms with Gasteiger partial charge in [0.1, 0.15) is 0 Å². The van der Waals surface area contributed by atoms with Crippen LogP contribution < -0.4 is 16.6 Å². The molecule has 3 nitrogen and oxygen atoms in total. The Bertz CT molecular complexity index is 119. The van der Waals surface area contributed by atoms with E-state index in [1.807, 2.05) is 7.05 Å². The molecule has 0 atom stereocenters. The zero-order chi connectivity index (χ0) is 9.12. The Morgan fingerprint density at radius 3 is 1.91 bits per heavy atom. The van der Waals surface area contributed by atoms with Crippen molar-refractivity contribution in [3.05, 3.63) is 0 Å². The summed E-state index contributed by atoms with van der Waals surface area (Å²) in [5.74, 6) is 5.44. The Labute approximate surface area is 69.7 Å². The molecule has 4 N–H and O–H groups in total. The van der Waals surface area contributed by atoms with E-state index >= 15 is 0 Å². The van der Waals surface area contributed by atoms with Crippen LogP contribution >= 0.6 is 0 Å². The minimum atomic E-state index is -0.0456. The van der Waals surface area contributed by atoms with Crippen molar-refractivity contribution in [2.45, 2.75) is 33.2 Å². The maximum Gasteiger partial charge on any atom is 0.0328 e. The predicted octanol–water partition coefficient (Wildman–Crippen LogP) is 0.474. The van der Waals surface area contributed by atoms with E-state index in [0.717, 1.165) is 6.54 Å². The quantitative estimate of drug-likeness (QED) is 0.413. The third kappa shape index (κ3) is 2.43. The highest BCUT2D eigenvalue weighted by atomic mass is 15.3. The summed E-state index contributed by atoms with van der Waals surface area (Å²) >= 11 is 0. The summed E-state index contributed by atoms with van der Waals surface area (Å²) in [6, 6.07) is 0. The summed E-state index contributed by atoms with van der Waals surface area (Å²) in [5.41, 5.74) is 2.93. The standard InChI is InChI=1S/C8H21N3/c1-7(2,6-10-5)8(3,4)11-9/h10-11H,6,9H2,1-5H3. The molecule has 0 saturated heterocycles. The van der Waals surface area contributed by atoms with Crippen LogP contribution in [0.25, 0.3) is 0 Å². The Kier molecular flexibility index (Phi) is 3.48. The van der Waals surface area contributed by atoms with E-state index in [4.69, 9.17) is 5.84 Å². The average molecular weight is 159 g/mol. The molecule has 0 heterocycles. The highest BCUT2D eigenvalue weighted by Gasteiger charge is 2.35. The lowest BCUT2D eigenvalue weighted by molar-refractivity contribution is 0.154.